The van der Waals surface area contributed by atoms with E-state index in [2.05, 4.69) is 11.4 Å². The van der Waals surface area contributed by atoms with Gasteiger partial charge in [-0.15, -0.1) is 0 Å². The molecule has 1 N–H and O–H groups in total. The molecule has 0 radical (unpaired) electrons. The molecule has 1 heterocycles. The first kappa shape index (κ1) is 15.5. The number of para-hydroxylation sites is 1. The minimum Gasteiger partial charge on any atom is -0.360 e. The lowest BCUT2D eigenvalue weighted by atomic mass is 10.00. The van der Waals surface area contributed by atoms with Gasteiger partial charge in [0.25, 0.3) is 0 Å². The van der Waals surface area contributed by atoms with Gasteiger partial charge in [0.15, 0.2) is 0 Å². The van der Waals surface area contributed by atoms with Gasteiger partial charge in [0, 0.05) is 18.3 Å². The van der Waals surface area contributed by atoms with Crippen LogP contribution >= 0.6 is 0 Å². The summed E-state index contributed by atoms with van der Waals surface area (Å²) < 4.78 is 26.9. The van der Waals surface area contributed by atoms with E-state index in [0.29, 0.717) is 0 Å². The zero-order chi connectivity index (χ0) is 16.4. The number of benzene rings is 2. The lowest BCUT2D eigenvalue weighted by Gasteiger charge is -2.35. The molecular weight excluding hydrogens is 298 g/mol. The zero-order valence-electron chi connectivity index (χ0n) is 12.9. The summed E-state index contributed by atoms with van der Waals surface area (Å²) in [5.74, 6) is -1.59. The molecule has 3 nitrogen and oxygen atoms in total. The molecule has 2 aromatic rings. The molecule has 5 heteroatoms. The van der Waals surface area contributed by atoms with Crippen molar-refractivity contribution in [2.24, 2.45) is 0 Å². The van der Waals surface area contributed by atoms with Crippen LogP contribution in [0.25, 0.3) is 0 Å². The molecule has 1 aliphatic rings. The van der Waals surface area contributed by atoms with Crippen molar-refractivity contribution in [1.29, 1.82) is 0 Å². The number of halogens is 2. The molecule has 1 amide bonds. The number of anilines is 2. The highest BCUT2D eigenvalue weighted by Crippen LogP contribution is 2.28. The Morgan fingerprint density at radius 3 is 2.83 bits per heavy atom. The number of hydrogen-bond donors (Lipinski definition) is 1. The molecule has 120 valence electrons. The molecule has 0 saturated carbocycles. The maximum absolute atomic E-state index is 13.7. The molecule has 2 aromatic carbocycles. The van der Waals surface area contributed by atoms with E-state index in [4.69, 9.17) is 0 Å². The van der Waals surface area contributed by atoms with E-state index in [1.807, 2.05) is 23.1 Å². The summed E-state index contributed by atoms with van der Waals surface area (Å²) >= 11 is 0. The van der Waals surface area contributed by atoms with E-state index in [1.54, 1.807) is 6.92 Å². The van der Waals surface area contributed by atoms with Crippen molar-refractivity contribution in [3.8, 4) is 0 Å². The first-order chi connectivity index (χ1) is 11.1. The van der Waals surface area contributed by atoms with Crippen molar-refractivity contribution >= 4 is 17.3 Å². The molecule has 23 heavy (non-hydrogen) atoms. The SMILES string of the molecule is C[C@H](C(=O)Nc1cc(F)ccc1F)N1CCCc2ccccc21. The maximum Gasteiger partial charge on any atom is 0.246 e. The number of nitrogens with zero attached hydrogens (tertiary/aromatic N) is 1. The molecule has 1 atom stereocenters. The van der Waals surface area contributed by atoms with Gasteiger partial charge in [-0.05, 0) is 43.5 Å². The maximum atomic E-state index is 13.7. The summed E-state index contributed by atoms with van der Waals surface area (Å²) in [5.41, 5.74) is 2.10. The monoisotopic (exact) mass is 316 g/mol. The summed E-state index contributed by atoms with van der Waals surface area (Å²) in [6, 6.07) is 10.5. The second-order valence-electron chi connectivity index (χ2n) is 5.72. The Labute approximate surface area is 133 Å². The van der Waals surface area contributed by atoms with Crippen LogP contribution in [0.4, 0.5) is 20.2 Å². The van der Waals surface area contributed by atoms with Crippen molar-refractivity contribution in [3.63, 3.8) is 0 Å². The molecule has 1 aliphatic heterocycles. The summed E-state index contributed by atoms with van der Waals surface area (Å²) in [5, 5.41) is 2.48. The molecule has 0 aliphatic carbocycles. The number of carbonyl (C=O) groups excluding carboxylic acids is 1. The van der Waals surface area contributed by atoms with Crippen LogP contribution in [0, 0.1) is 11.6 Å². The van der Waals surface area contributed by atoms with Gasteiger partial charge in [-0.2, -0.15) is 0 Å². The zero-order valence-corrected chi connectivity index (χ0v) is 12.9. The Hall–Kier alpha value is -2.43. The smallest absolute Gasteiger partial charge is 0.246 e. The van der Waals surface area contributed by atoms with Crippen LogP contribution in [0.1, 0.15) is 18.9 Å². The Morgan fingerprint density at radius 1 is 1.22 bits per heavy atom. The molecular formula is C18H18F2N2O. The molecule has 0 saturated heterocycles. The average Bonchev–Trinajstić information content (AvgIpc) is 2.57. The van der Waals surface area contributed by atoms with Crippen molar-refractivity contribution < 1.29 is 13.6 Å². The molecule has 0 aromatic heterocycles. The third-order valence-electron chi connectivity index (χ3n) is 4.18. The predicted octanol–water partition coefficient (Wildman–Crippen LogP) is 3.74. The molecule has 0 spiro atoms. The highest BCUT2D eigenvalue weighted by atomic mass is 19.1. The fourth-order valence-electron chi connectivity index (χ4n) is 2.94. The average molecular weight is 316 g/mol. The summed E-state index contributed by atoms with van der Waals surface area (Å²) in [7, 11) is 0. The van der Waals surface area contributed by atoms with Gasteiger partial charge in [-0.1, -0.05) is 18.2 Å². The number of carbonyl (C=O) groups is 1. The van der Waals surface area contributed by atoms with Gasteiger partial charge in [0.05, 0.1) is 5.69 Å². The van der Waals surface area contributed by atoms with Crippen molar-refractivity contribution in [3.05, 3.63) is 59.7 Å². The van der Waals surface area contributed by atoms with Crippen LogP contribution in [-0.2, 0) is 11.2 Å². The van der Waals surface area contributed by atoms with Crippen molar-refractivity contribution in [1.82, 2.24) is 0 Å². The van der Waals surface area contributed by atoms with E-state index >= 15 is 0 Å². The van der Waals surface area contributed by atoms with E-state index in [-0.39, 0.29) is 11.6 Å². The van der Waals surface area contributed by atoms with Crippen LogP contribution in [-0.4, -0.2) is 18.5 Å². The summed E-state index contributed by atoms with van der Waals surface area (Å²) in [6.07, 6.45) is 1.95. The number of hydrogen-bond acceptors (Lipinski definition) is 2. The van der Waals surface area contributed by atoms with Crippen LogP contribution in [0.15, 0.2) is 42.5 Å². The highest BCUT2D eigenvalue weighted by Gasteiger charge is 2.26. The van der Waals surface area contributed by atoms with Crippen LogP contribution in [0.2, 0.25) is 0 Å². The van der Waals surface area contributed by atoms with Gasteiger partial charge in [0.1, 0.15) is 17.7 Å². The van der Waals surface area contributed by atoms with Gasteiger partial charge in [-0.3, -0.25) is 4.79 Å². The minimum atomic E-state index is -0.647. The van der Waals surface area contributed by atoms with E-state index < -0.39 is 17.7 Å². The third-order valence-corrected chi connectivity index (χ3v) is 4.18. The third kappa shape index (κ3) is 3.18. The quantitative estimate of drug-likeness (QED) is 0.935. The molecule has 0 unspecified atom stereocenters. The number of nitrogens with one attached hydrogen (secondary N) is 1. The van der Waals surface area contributed by atoms with Crippen molar-refractivity contribution in [2.75, 3.05) is 16.8 Å². The number of fused-ring (bicyclic) bond motifs is 1. The Morgan fingerprint density at radius 2 is 2.00 bits per heavy atom. The standard InChI is InChI=1S/C18H18F2N2O/c1-12(18(23)21-16-11-14(19)8-9-15(16)20)22-10-4-6-13-5-2-3-7-17(13)22/h2-3,5,7-9,11-12H,4,6,10H2,1H3,(H,21,23)/t12-/m1/s1. The first-order valence-corrected chi connectivity index (χ1v) is 7.67. The van der Waals surface area contributed by atoms with Crippen molar-refractivity contribution in [2.45, 2.75) is 25.8 Å². The number of aryl methyl sites for hydroxylation is 1. The largest absolute Gasteiger partial charge is 0.360 e. The molecule has 3 rings (SSSR count). The Bertz CT molecular complexity index is 733. The van der Waals surface area contributed by atoms with Crippen LogP contribution < -0.4 is 10.2 Å². The fraction of sp³-hybridized carbons (Fsp3) is 0.278. The van der Waals surface area contributed by atoms with E-state index in [0.717, 1.165) is 43.3 Å². The second-order valence-corrected chi connectivity index (χ2v) is 5.72. The molecule has 0 bridgehead atoms. The van der Waals surface area contributed by atoms with Gasteiger partial charge < -0.3 is 10.2 Å². The fourth-order valence-corrected chi connectivity index (χ4v) is 2.94. The number of rotatable bonds is 3. The predicted molar refractivity (Wildman–Crippen MR) is 86.6 cm³/mol. The van der Waals surface area contributed by atoms with Gasteiger partial charge >= 0.3 is 0 Å². The van der Waals surface area contributed by atoms with Gasteiger partial charge in [-0.25, -0.2) is 8.78 Å². The second kappa shape index (κ2) is 6.36. The Balaban J connectivity index is 1.79. The van der Waals surface area contributed by atoms with E-state index in [1.165, 1.54) is 5.56 Å². The van der Waals surface area contributed by atoms with E-state index in [9.17, 15) is 13.6 Å². The van der Waals surface area contributed by atoms with Gasteiger partial charge in [0.2, 0.25) is 5.91 Å². The minimum absolute atomic E-state index is 0.132. The normalized spacial score (nSPS) is 15.0. The van der Waals surface area contributed by atoms with Crippen LogP contribution in [0.5, 0.6) is 0 Å². The lowest BCUT2D eigenvalue weighted by Crippen LogP contribution is -2.44. The summed E-state index contributed by atoms with van der Waals surface area (Å²) in [6.45, 7) is 2.53. The topological polar surface area (TPSA) is 32.3 Å². The Kier molecular flexibility index (Phi) is 4.28. The van der Waals surface area contributed by atoms with Crippen LogP contribution in [0.3, 0.4) is 0 Å². The first-order valence-electron chi connectivity index (χ1n) is 7.67. The molecule has 0 fully saturated rings. The lowest BCUT2D eigenvalue weighted by molar-refractivity contribution is -0.117. The number of amides is 1. The highest BCUT2D eigenvalue weighted by molar-refractivity contribution is 5.97. The summed E-state index contributed by atoms with van der Waals surface area (Å²) in [4.78, 5) is 14.4.